The normalized spacial score (nSPS) is 22.0. The molecule has 3 N–H and O–H groups in total. The zero-order valence-electron chi connectivity index (χ0n) is 29.5. The van der Waals surface area contributed by atoms with Gasteiger partial charge in [-0.25, -0.2) is 13.5 Å². The Hall–Kier alpha value is -4.12. The van der Waals surface area contributed by atoms with Crippen molar-refractivity contribution in [1.82, 2.24) is 34.1 Å². The second-order valence-corrected chi connectivity index (χ2v) is 16.1. The minimum absolute atomic E-state index is 0.0613. The highest BCUT2D eigenvalue weighted by molar-refractivity contribution is 7.87. The Kier molecular flexibility index (Phi) is 9.20. The van der Waals surface area contributed by atoms with Crippen molar-refractivity contribution >= 4 is 32.5 Å². The number of hydrogen-bond acceptors (Lipinski definition) is 10. The third-order valence-corrected chi connectivity index (χ3v) is 12.2. The summed E-state index contributed by atoms with van der Waals surface area (Å²) in [5.41, 5.74) is 4.32. The number of alkyl halides is 1. The molecule has 2 saturated heterocycles. The van der Waals surface area contributed by atoms with Crippen molar-refractivity contribution in [1.29, 1.82) is 0 Å². The first-order chi connectivity index (χ1) is 25.0. The number of anilines is 2. The number of aromatic hydroxyl groups is 1. The Morgan fingerprint density at radius 3 is 2.77 bits per heavy atom. The van der Waals surface area contributed by atoms with Gasteiger partial charge in [0.1, 0.15) is 30.2 Å². The second kappa shape index (κ2) is 13.7. The van der Waals surface area contributed by atoms with Gasteiger partial charge < -0.3 is 19.6 Å². The molecule has 2 aromatic carbocycles. The zero-order chi connectivity index (χ0) is 36.2. The third kappa shape index (κ3) is 6.54. The van der Waals surface area contributed by atoms with Gasteiger partial charge in [0.2, 0.25) is 0 Å². The van der Waals surface area contributed by atoms with Gasteiger partial charge in [-0.05, 0) is 67.8 Å². The van der Waals surface area contributed by atoms with E-state index >= 15 is 4.39 Å². The molecule has 8 rings (SSSR count). The number of phenolic OH excluding ortho intramolecular Hbond substituents is 1. The number of phenols is 1. The molecule has 2 atom stereocenters. The summed E-state index contributed by atoms with van der Waals surface area (Å²) < 4.78 is 66.9. The van der Waals surface area contributed by atoms with Crippen molar-refractivity contribution in [2.45, 2.75) is 83.3 Å². The summed E-state index contributed by atoms with van der Waals surface area (Å²) >= 11 is 0. The van der Waals surface area contributed by atoms with Crippen LogP contribution in [0.3, 0.4) is 0 Å². The first-order valence-corrected chi connectivity index (χ1v) is 19.6. The summed E-state index contributed by atoms with van der Waals surface area (Å²) in [4.78, 5) is 16.6. The molecule has 13 nitrogen and oxygen atoms in total. The van der Waals surface area contributed by atoms with Gasteiger partial charge in [0.15, 0.2) is 0 Å². The molecule has 0 bridgehead atoms. The summed E-state index contributed by atoms with van der Waals surface area (Å²) in [6.45, 7) is 6.42. The second-order valence-electron chi connectivity index (χ2n) is 14.4. The Morgan fingerprint density at radius 2 is 1.94 bits per heavy atom. The highest BCUT2D eigenvalue weighted by Crippen LogP contribution is 2.42. The molecule has 16 heteroatoms. The quantitative estimate of drug-likeness (QED) is 0.221. The predicted molar refractivity (Wildman–Crippen MR) is 193 cm³/mol. The standard InChI is InChI=1S/C36H45F2N9O4S/c1-3-28-30(38)7-6-23-14-27(48)16-32(33(23)28)44-13-8-29-31(21-44)41-35(51-22-36-9-4-11-46(36)19-24(37)17-36)42-34(29)45-10-5-12-47-26(20-45)15-25(43-47)18-40-52(49,50)39-2/h6-7,14-16,24,39-40,48H,3-5,8-13,17-22H2,1-2H3/t24-,36+/m1/s1. The maximum atomic E-state index is 15.1. The minimum atomic E-state index is -3.61. The lowest BCUT2D eigenvalue weighted by molar-refractivity contribution is 0.107. The molecule has 52 heavy (non-hydrogen) atoms. The van der Waals surface area contributed by atoms with Crippen LogP contribution in [0.2, 0.25) is 0 Å². The van der Waals surface area contributed by atoms with Crippen molar-refractivity contribution in [2.24, 2.45) is 0 Å². The molecular weight excluding hydrogens is 693 g/mol. The van der Waals surface area contributed by atoms with Crippen LogP contribution in [-0.2, 0) is 49.2 Å². The SMILES string of the molecule is CCc1c(F)ccc2cc(O)cc(N3CCc4c(nc(OC[C@@]56CCCN5C[C@H](F)C6)nc4N4CCCn5nc(CNS(=O)(=O)NC)cc5C4)C3)c12. The summed E-state index contributed by atoms with van der Waals surface area (Å²) in [7, 11) is -2.26. The monoisotopic (exact) mass is 737 g/mol. The average Bonchev–Trinajstić information content (AvgIpc) is 3.75. The van der Waals surface area contributed by atoms with Crippen LogP contribution >= 0.6 is 0 Å². The van der Waals surface area contributed by atoms with Crippen molar-refractivity contribution in [3.05, 3.63) is 64.4 Å². The van der Waals surface area contributed by atoms with Crippen molar-refractivity contribution in [3.8, 4) is 11.8 Å². The van der Waals surface area contributed by atoms with E-state index in [9.17, 15) is 17.9 Å². The highest BCUT2D eigenvalue weighted by atomic mass is 32.2. The Bertz CT molecular complexity index is 2110. The van der Waals surface area contributed by atoms with Gasteiger partial charge in [0, 0.05) is 62.4 Å². The topological polar surface area (TPSA) is 141 Å². The first kappa shape index (κ1) is 34.9. The smallest absolute Gasteiger partial charge is 0.318 e. The lowest BCUT2D eigenvalue weighted by Crippen LogP contribution is -2.43. The van der Waals surface area contributed by atoms with Crippen LogP contribution in [0.4, 0.5) is 20.3 Å². The molecule has 278 valence electrons. The van der Waals surface area contributed by atoms with E-state index in [0.29, 0.717) is 76.4 Å². The first-order valence-electron chi connectivity index (χ1n) is 18.1. The van der Waals surface area contributed by atoms with E-state index in [-0.39, 0.29) is 29.7 Å². The number of rotatable bonds is 10. The number of aromatic nitrogens is 4. The molecule has 0 radical (unpaired) electrons. The Balaban J connectivity index is 1.14. The lowest BCUT2D eigenvalue weighted by atomic mass is 9.95. The van der Waals surface area contributed by atoms with Gasteiger partial charge in [-0.15, -0.1) is 0 Å². The lowest BCUT2D eigenvalue weighted by Gasteiger charge is -2.35. The molecule has 4 aliphatic heterocycles. The number of fused-ring (bicyclic) bond motifs is 4. The fourth-order valence-corrected chi connectivity index (χ4v) is 9.15. The zero-order valence-corrected chi connectivity index (χ0v) is 30.4. The van der Waals surface area contributed by atoms with Gasteiger partial charge in [-0.1, -0.05) is 13.0 Å². The van der Waals surface area contributed by atoms with E-state index in [2.05, 4.69) is 29.2 Å². The molecule has 0 amide bonds. The number of aryl methyl sites for hydroxylation is 2. The van der Waals surface area contributed by atoms with E-state index in [0.717, 1.165) is 65.0 Å². The molecule has 0 aliphatic carbocycles. The number of nitrogens with zero attached hydrogens (tertiary/aromatic N) is 7. The molecule has 2 aromatic heterocycles. The largest absolute Gasteiger partial charge is 0.508 e. The molecule has 0 unspecified atom stereocenters. The van der Waals surface area contributed by atoms with Crippen LogP contribution in [0.1, 0.15) is 60.8 Å². The summed E-state index contributed by atoms with van der Waals surface area (Å²) in [6, 6.07) is 8.69. The van der Waals surface area contributed by atoms with Crippen molar-refractivity contribution in [3.63, 3.8) is 0 Å². The molecule has 2 fully saturated rings. The van der Waals surface area contributed by atoms with Crippen LogP contribution in [0.25, 0.3) is 10.8 Å². The predicted octanol–water partition coefficient (Wildman–Crippen LogP) is 3.72. The fraction of sp³-hybridized carbons (Fsp3) is 0.528. The number of nitrogens with one attached hydrogen (secondary N) is 2. The molecule has 4 aliphatic rings. The van der Waals surface area contributed by atoms with Gasteiger partial charge in [0.05, 0.1) is 42.3 Å². The molecule has 6 heterocycles. The molecule has 0 spiro atoms. The fourth-order valence-electron chi connectivity index (χ4n) is 8.67. The van der Waals surface area contributed by atoms with Crippen molar-refractivity contribution < 1.29 is 27.0 Å². The van der Waals surface area contributed by atoms with Crippen molar-refractivity contribution in [2.75, 3.05) is 49.6 Å². The molecular formula is C36H45F2N9O4S. The number of hydrogen-bond donors (Lipinski definition) is 3. The number of benzene rings is 2. The minimum Gasteiger partial charge on any atom is -0.508 e. The van der Waals surface area contributed by atoms with E-state index in [1.165, 1.54) is 13.1 Å². The third-order valence-electron chi connectivity index (χ3n) is 11.2. The maximum absolute atomic E-state index is 15.1. The van der Waals surface area contributed by atoms with E-state index < -0.39 is 16.4 Å². The van der Waals surface area contributed by atoms with Crippen LogP contribution in [0.15, 0.2) is 30.3 Å². The molecule has 0 saturated carbocycles. The van der Waals surface area contributed by atoms with Crippen LogP contribution in [0, 0.1) is 5.82 Å². The average molecular weight is 738 g/mol. The van der Waals surface area contributed by atoms with Crippen LogP contribution in [-0.4, -0.2) is 89.7 Å². The Labute approximate surface area is 302 Å². The summed E-state index contributed by atoms with van der Waals surface area (Å²) in [5, 5.41) is 17.0. The van der Waals surface area contributed by atoms with Crippen LogP contribution < -0.4 is 24.0 Å². The van der Waals surface area contributed by atoms with Gasteiger partial charge in [-0.3, -0.25) is 9.58 Å². The van der Waals surface area contributed by atoms with E-state index in [1.54, 1.807) is 18.2 Å². The van der Waals surface area contributed by atoms with E-state index in [1.807, 2.05) is 17.7 Å². The Morgan fingerprint density at radius 1 is 1.08 bits per heavy atom. The summed E-state index contributed by atoms with van der Waals surface area (Å²) in [5.74, 6) is 0.602. The van der Waals surface area contributed by atoms with Gasteiger partial charge in [-0.2, -0.15) is 28.2 Å². The number of ether oxygens (including phenoxy) is 1. The van der Waals surface area contributed by atoms with E-state index in [4.69, 9.17) is 14.7 Å². The molecule has 4 aromatic rings. The van der Waals surface area contributed by atoms with Gasteiger partial charge in [0.25, 0.3) is 10.2 Å². The van der Waals surface area contributed by atoms with Crippen LogP contribution in [0.5, 0.6) is 11.8 Å². The number of halogens is 2. The maximum Gasteiger partial charge on any atom is 0.318 e. The highest BCUT2D eigenvalue weighted by Gasteiger charge is 2.49. The van der Waals surface area contributed by atoms with Gasteiger partial charge >= 0.3 is 6.01 Å². The summed E-state index contributed by atoms with van der Waals surface area (Å²) in [6.07, 6.45) is 3.31.